The molecule has 0 spiro atoms. The molecule has 0 unspecified atom stereocenters. The maximum atomic E-state index is 13.0. The first kappa shape index (κ1) is 20.2. The van der Waals surface area contributed by atoms with Crippen LogP contribution in [0.3, 0.4) is 0 Å². The second-order valence-electron chi connectivity index (χ2n) is 6.92. The summed E-state index contributed by atoms with van der Waals surface area (Å²) in [5, 5.41) is 2.96. The number of fused-ring (bicyclic) bond motifs is 3. The Balaban J connectivity index is 1.61. The predicted molar refractivity (Wildman–Crippen MR) is 120 cm³/mol. The molecule has 30 heavy (non-hydrogen) atoms. The van der Waals surface area contributed by atoms with E-state index in [-0.39, 0.29) is 11.8 Å². The van der Waals surface area contributed by atoms with Gasteiger partial charge in [0.1, 0.15) is 17.6 Å². The lowest BCUT2D eigenvalue weighted by Gasteiger charge is -2.27. The molecule has 154 valence electrons. The average molecular weight is 423 g/mol. The van der Waals surface area contributed by atoms with Gasteiger partial charge < -0.3 is 10.1 Å². The average Bonchev–Trinajstić information content (AvgIpc) is 3.07. The van der Waals surface area contributed by atoms with Crippen LogP contribution in [0.2, 0.25) is 0 Å². The SMILES string of the molecule is CC[C@@H](SC1=Nc2ccccc2C2=N[C@@H](C)C(=O)N12)C(=O)Nc1ccccc1OC. The third-order valence-corrected chi connectivity index (χ3v) is 6.25. The molecule has 2 aromatic rings. The molecule has 0 aromatic heterocycles. The van der Waals surface area contributed by atoms with Gasteiger partial charge in [0.15, 0.2) is 5.17 Å². The third-order valence-electron chi connectivity index (χ3n) is 4.93. The molecule has 0 saturated carbocycles. The first-order chi connectivity index (χ1) is 14.5. The lowest BCUT2D eigenvalue weighted by molar-refractivity contribution is -0.124. The largest absolute Gasteiger partial charge is 0.495 e. The summed E-state index contributed by atoms with van der Waals surface area (Å²) in [6.07, 6.45) is 0.566. The molecule has 1 N–H and O–H groups in total. The van der Waals surface area contributed by atoms with E-state index in [9.17, 15) is 9.59 Å². The number of hydrogen-bond donors (Lipinski definition) is 1. The van der Waals surface area contributed by atoms with Gasteiger partial charge >= 0.3 is 0 Å². The summed E-state index contributed by atoms with van der Waals surface area (Å²) in [5.41, 5.74) is 2.18. The third kappa shape index (κ3) is 3.59. The van der Waals surface area contributed by atoms with E-state index in [0.717, 1.165) is 11.3 Å². The van der Waals surface area contributed by atoms with Crippen LogP contribution in [0.4, 0.5) is 11.4 Å². The topological polar surface area (TPSA) is 83.4 Å². The predicted octanol–water partition coefficient (Wildman–Crippen LogP) is 3.82. The number of carbonyl (C=O) groups excluding carboxylic acids is 2. The minimum absolute atomic E-state index is 0.134. The number of benzene rings is 2. The molecule has 2 aliphatic rings. The van der Waals surface area contributed by atoms with Crippen molar-refractivity contribution in [3.8, 4) is 5.75 Å². The number of methoxy groups -OCH3 is 1. The first-order valence-corrected chi connectivity index (χ1v) is 10.6. The van der Waals surface area contributed by atoms with Crippen molar-refractivity contribution in [3.05, 3.63) is 54.1 Å². The maximum absolute atomic E-state index is 13.0. The van der Waals surface area contributed by atoms with Crippen molar-refractivity contribution < 1.29 is 14.3 Å². The second-order valence-corrected chi connectivity index (χ2v) is 8.09. The van der Waals surface area contributed by atoms with Gasteiger partial charge in [-0.05, 0) is 37.6 Å². The van der Waals surface area contributed by atoms with Crippen LogP contribution in [0.1, 0.15) is 25.8 Å². The normalized spacial score (nSPS) is 18.2. The Kier molecular flexibility index (Phi) is 5.59. The Morgan fingerprint density at radius 2 is 1.97 bits per heavy atom. The molecule has 2 amide bonds. The Bertz CT molecular complexity index is 1070. The van der Waals surface area contributed by atoms with Crippen LogP contribution in [0, 0.1) is 0 Å². The van der Waals surface area contributed by atoms with Crippen molar-refractivity contribution >= 4 is 46.0 Å². The molecule has 7 nitrogen and oxygen atoms in total. The van der Waals surface area contributed by atoms with Crippen molar-refractivity contribution in [1.29, 1.82) is 0 Å². The number of para-hydroxylation sites is 3. The summed E-state index contributed by atoms with van der Waals surface area (Å²) in [4.78, 5) is 36.5. The zero-order chi connectivity index (χ0) is 21.3. The minimum atomic E-state index is -0.473. The highest BCUT2D eigenvalue weighted by molar-refractivity contribution is 8.15. The molecule has 0 aliphatic carbocycles. The van der Waals surface area contributed by atoms with E-state index >= 15 is 0 Å². The van der Waals surface area contributed by atoms with Gasteiger partial charge in [-0.1, -0.05) is 43.0 Å². The van der Waals surface area contributed by atoms with Gasteiger partial charge in [0.25, 0.3) is 5.91 Å². The number of nitrogens with zero attached hydrogens (tertiary/aromatic N) is 3. The van der Waals surface area contributed by atoms with Gasteiger partial charge in [-0.15, -0.1) is 0 Å². The Morgan fingerprint density at radius 3 is 2.73 bits per heavy atom. The minimum Gasteiger partial charge on any atom is -0.495 e. The van der Waals surface area contributed by atoms with Gasteiger partial charge in [0.2, 0.25) is 5.91 Å². The van der Waals surface area contributed by atoms with E-state index in [1.165, 1.54) is 16.7 Å². The number of rotatable bonds is 5. The van der Waals surface area contributed by atoms with Crippen molar-refractivity contribution in [2.45, 2.75) is 31.6 Å². The number of aliphatic imine (C=N–C) groups is 2. The van der Waals surface area contributed by atoms with Crippen molar-refractivity contribution in [2.75, 3.05) is 12.4 Å². The standard InChI is InChI=1S/C22H22N4O3S/c1-4-18(20(27)24-16-11-7-8-12-17(16)29-3)30-22-25-15-10-6-5-9-14(15)19-23-13(2)21(28)26(19)22/h5-13,18H,4H2,1-3H3,(H,24,27)/t13-,18+/m0/s1. The Morgan fingerprint density at radius 1 is 1.23 bits per heavy atom. The number of hydrogen-bond acceptors (Lipinski definition) is 6. The number of nitrogens with one attached hydrogen (secondary N) is 1. The fraction of sp³-hybridized carbons (Fsp3) is 0.273. The summed E-state index contributed by atoms with van der Waals surface area (Å²) in [6, 6.07) is 14.4. The van der Waals surface area contributed by atoms with Crippen molar-refractivity contribution in [2.24, 2.45) is 9.98 Å². The molecule has 0 saturated heterocycles. The molecule has 0 fully saturated rings. The van der Waals surface area contributed by atoms with Crippen LogP contribution < -0.4 is 10.1 Å². The van der Waals surface area contributed by atoms with Gasteiger partial charge in [0, 0.05) is 5.56 Å². The van der Waals surface area contributed by atoms with Crippen molar-refractivity contribution in [3.63, 3.8) is 0 Å². The van der Waals surface area contributed by atoms with E-state index < -0.39 is 11.3 Å². The smallest absolute Gasteiger partial charge is 0.258 e. The van der Waals surface area contributed by atoms with Crippen LogP contribution in [0.25, 0.3) is 0 Å². The van der Waals surface area contributed by atoms with Gasteiger partial charge in [-0.2, -0.15) is 0 Å². The zero-order valence-electron chi connectivity index (χ0n) is 17.0. The van der Waals surface area contributed by atoms with E-state index in [0.29, 0.717) is 28.9 Å². The van der Waals surface area contributed by atoms with Crippen LogP contribution >= 0.6 is 11.8 Å². The molecule has 2 aliphatic heterocycles. The van der Waals surface area contributed by atoms with Crippen molar-refractivity contribution in [1.82, 2.24) is 4.90 Å². The molecule has 4 rings (SSSR count). The fourth-order valence-electron chi connectivity index (χ4n) is 3.37. The number of amides is 2. The molecule has 2 heterocycles. The number of thioether (sulfide) groups is 1. The molecular weight excluding hydrogens is 400 g/mol. The van der Waals surface area contributed by atoms with Crippen LogP contribution in [0.5, 0.6) is 5.75 Å². The number of amidine groups is 2. The lowest BCUT2D eigenvalue weighted by atomic mass is 10.1. The molecular formula is C22H22N4O3S. The monoisotopic (exact) mass is 422 g/mol. The quantitative estimate of drug-likeness (QED) is 0.794. The van der Waals surface area contributed by atoms with Gasteiger partial charge in [0.05, 0.1) is 23.7 Å². The Hall–Kier alpha value is -3.13. The van der Waals surface area contributed by atoms with E-state index in [4.69, 9.17) is 4.74 Å². The summed E-state index contributed by atoms with van der Waals surface area (Å²) in [5.74, 6) is 0.880. The number of carbonyl (C=O) groups is 2. The van der Waals surface area contributed by atoms with Crippen LogP contribution in [0.15, 0.2) is 58.5 Å². The summed E-state index contributed by atoms with van der Waals surface area (Å²) < 4.78 is 5.32. The Labute approximate surface area is 179 Å². The number of ether oxygens (including phenoxy) is 1. The van der Waals surface area contributed by atoms with E-state index in [1.54, 1.807) is 26.2 Å². The van der Waals surface area contributed by atoms with Crippen LogP contribution in [-0.2, 0) is 9.59 Å². The maximum Gasteiger partial charge on any atom is 0.258 e. The van der Waals surface area contributed by atoms with Gasteiger partial charge in [-0.25, -0.2) is 9.89 Å². The zero-order valence-corrected chi connectivity index (χ0v) is 17.8. The summed E-state index contributed by atoms with van der Waals surface area (Å²) in [7, 11) is 1.56. The lowest BCUT2D eigenvalue weighted by Crippen LogP contribution is -2.42. The highest BCUT2D eigenvalue weighted by atomic mass is 32.2. The fourth-order valence-corrected chi connectivity index (χ4v) is 4.39. The molecule has 0 radical (unpaired) electrons. The second kappa shape index (κ2) is 8.31. The summed E-state index contributed by atoms with van der Waals surface area (Å²) in [6.45, 7) is 3.70. The molecule has 2 atom stereocenters. The number of anilines is 1. The first-order valence-electron chi connectivity index (χ1n) is 9.74. The summed E-state index contributed by atoms with van der Waals surface area (Å²) >= 11 is 1.27. The molecule has 0 bridgehead atoms. The molecule has 2 aromatic carbocycles. The molecule has 8 heteroatoms. The van der Waals surface area contributed by atoms with Gasteiger partial charge in [-0.3, -0.25) is 14.6 Å². The highest BCUT2D eigenvalue weighted by Gasteiger charge is 2.40. The highest BCUT2D eigenvalue weighted by Crippen LogP contribution is 2.35. The van der Waals surface area contributed by atoms with E-state index in [1.807, 2.05) is 43.3 Å². The van der Waals surface area contributed by atoms with E-state index in [2.05, 4.69) is 15.3 Å². The van der Waals surface area contributed by atoms with Crippen LogP contribution in [-0.4, -0.2) is 46.1 Å².